The Morgan fingerprint density at radius 3 is 2.51 bits per heavy atom. The first-order valence-corrected chi connectivity index (χ1v) is 24.8. The summed E-state index contributed by atoms with van der Waals surface area (Å²) in [5.74, 6) is -6.60. The van der Waals surface area contributed by atoms with Crippen molar-refractivity contribution in [2.75, 3.05) is 26.0 Å². The summed E-state index contributed by atoms with van der Waals surface area (Å²) >= 11 is 3.05. The van der Waals surface area contributed by atoms with Crippen LogP contribution in [0.15, 0.2) is 33.7 Å². The number of rotatable bonds is 10. The lowest BCUT2D eigenvalue weighted by molar-refractivity contribution is -0.296. The minimum atomic E-state index is -3.21. The SMILES string of the molecule is CCC(=O)N=C1[C@H](C)C[C@@]2(C)OC/C(=N/OCc3csc(-c4cccc(NC(=O)[C@H](C)N)n4)n3)CC[C@H]([C@H]1C)[C@](C)(O)[C@@H](I)OC(=O)[C@@](C)(F)C(=O)[C@H](C)[C@H]2O[C@@H]1O[C@H](C)C[C@H](N(C)C)[C@H]1O. The van der Waals surface area contributed by atoms with Crippen molar-refractivity contribution in [2.24, 2.45) is 39.6 Å². The molecule has 0 unspecified atom stereocenters. The minimum absolute atomic E-state index is 0.0286. The summed E-state index contributed by atoms with van der Waals surface area (Å²) in [5, 5.41) is 33.7. The van der Waals surface area contributed by atoms with Gasteiger partial charge in [-0.1, -0.05) is 38.9 Å². The summed E-state index contributed by atoms with van der Waals surface area (Å²) in [7, 11) is 3.63. The number of pyridine rings is 1. The number of aromatic nitrogens is 2. The van der Waals surface area contributed by atoms with Crippen LogP contribution >= 0.6 is 33.9 Å². The number of hydrogen-bond acceptors (Lipinski definition) is 17. The Balaban J connectivity index is 1.61. The fraction of sp³-hybridized carbons (Fsp3) is 0.696. The number of Topliss-reactive ketones (excluding diaryl/α,β-unsaturated/α-hetero) is 1. The lowest BCUT2D eigenvalue weighted by Gasteiger charge is -2.47. The zero-order valence-corrected chi connectivity index (χ0v) is 43.1. The second-order valence-electron chi connectivity index (χ2n) is 18.9. The predicted octanol–water partition coefficient (Wildman–Crippen LogP) is 5.40. The number of hydrogen-bond donors (Lipinski definition) is 4. The number of carbonyl (C=O) groups is 4. The number of nitrogens with zero attached hydrogens (tertiary/aromatic N) is 5. The highest BCUT2D eigenvalue weighted by atomic mass is 127. The molecule has 0 spiro atoms. The fourth-order valence-electron chi connectivity index (χ4n) is 9.11. The van der Waals surface area contributed by atoms with E-state index >= 15 is 4.39 Å². The van der Waals surface area contributed by atoms with Gasteiger partial charge in [0.1, 0.15) is 28.2 Å². The summed E-state index contributed by atoms with van der Waals surface area (Å²) < 4.78 is 41.0. The van der Waals surface area contributed by atoms with E-state index in [4.69, 9.17) is 29.5 Å². The second kappa shape index (κ2) is 22.6. The molecule has 0 radical (unpaired) electrons. The third kappa shape index (κ3) is 12.9. The molecule has 372 valence electrons. The average Bonchev–Trinajstić information content (AvgIpc) is 3.74. The molecule has 2 bridgehead atoms. The second-order valence-corrected chi connectivity index (χ2v) is 20.9. The maximum absolute atomic E-state index is 16.9. The smallest absolute Gasteiger partial charge is 0.352 e. The Morgan fingerprint density at radius 2 is 1.85 bits per heavy atom. The Bertz CT molecular complexity index is 2160. The molecule has 67 heavy (non-hydrogen) atoms. The van der Waals surface area contributed by atoms with Crippen molar-refractivity contribution in [2.45, 2.75) is 159 Å². The number of anilines is 1. The molecule has 2 amide bonds. The number of esters is 1. The third-order valence-electron chi connectivity index (χ3n) is 13.0. The molecular weight excluding hydrogens is 1000 g/mol. The molecule has 0 aromatic carbocycles. The van der Waals surface area contributed by atoms with Gasteiger partial charge in [0.2, 0.25) is 11.8 Å². The van der Waals surface area contributed by atoms with Crippen LogP contribution in [0.2, 0.25) is 0 Å². The lowest BCUT2D eigenvalue weighted by atomic mass is 9.70. The van der Waals surface area contributed by atoms with Gasteiger partial charge in [0.15, 0.2) is 22.8 Å². The van der Waals surface area contributed by atoms with Crippen LogP contribution in [0.1, 0.15) is 100 Å². The van der Waals surface area contributed by atoms with E-state index in [0.717, 1.165) is 6.92 Å². The Kier molecular flexibility index (Phi) is 18.4. The van der Waals surface area contributed by atoms with Gasteiger partial charge in [0, 0.05) is 35.4 Å². The Morgan fingerprint density at radius 1 is 1.15 bits per heavy atom. The fourth-order valence-corrected chi connectivity index (χ4v) is 10.6. The lowest BCUT2D eigenvalue weighted by Crippen LogP contribution is -2.61. The maximum atomic E-state index is 16.9. The average molecular weight is 1070 g/mol. The van der Waals surface area contributed by atoms with Gasteiger partial charge in [-0.2, -0.15) is 0 Å². The van der Waals surface area contributed by atoms with E-state index in [0.29, 0.717) is 40.1 Å². The first-order valence-electron chi connectivity index (χ1n) is 22.7. The zero-order valence-electron chi connectivity index (χ0n) is 40.2. The van der Waals surface area contributed by atoms with Gasteiger partial charge in [0.05, 0.1) is 41.9 Å². The van der Waals surface area contributed by atoms with Crippen LogP contribution < -0.4 is 11.1 Å². The van der Waals surface area contributed by atoms with Gasteiger partial charge >= 0.3 is 5.97 Å². The van der Waals surface area contributed by atoms with E-state index in [1.807, 2.05) is 39.8 Å². The van der Waals surface area contributed by atoms with Crippen molar-refractivity contribution in [3.63, 3.8) is 0 Å². The number of aliphatic imine (C=N–C) groups is 1. The number of carbonyl (C=O) groups excluding carboxylic acids is 4. The molecule has 21 heteroatoms. The molecule has 18 nitrogen and oxygen atoms in total. The first kappa shape index (κ1) is 54.5. The standard InChI is InChI=1S/C46H67FIN7O11S/c1-12-34(56)53-35-23(2)19-44(7)38(65-41-36(57)32(55(10)11)18-24(3)64-41)26(5)37(58)45(8,47)43(60)66-42(48)46(9,61)30(25(35)4)17-16-28(20-62-44)54-63-21-29-22-67-40(50-29)31-14-13-15-33(51-31)52-39(59)27(6)49/h13-15,22-27,30,32,36,38,41-42,57,61H,12,16-21,49H2,1-11H3,(H,51,52,59)/b53-35?,54-28+/t23-,24-,25-,26+,27+,30-,32+,36-,38-,41+,42+,44-,45+,46+/m1/s1. The molecular formula is C46H67FIN7O11S. The highest BCUT2D eigenvalue weighted by molar-refractivity contribution is 14.1. The van der Waals surface area contributed by atoms with Crippen LogP contribution in [0.4, 0.5) is 10.2 Å². The van der Waals surface area contributed by atoms with E-state index in [2.05, 4.69) is 25.4 Å². The van der Waals surface area contributed by atoms with E-state index in [1.165, 1.54) is 25.2 Å². The molecule has 0 aliphatic carbocycles. The quantitative estimate of drug-likeness (QED) is 0.0765. The van der Waals surface area contributed by atoms with Gasteiger partial charge in [-0.15, -0.1) is 11.3 Å². The number of nitrogens with two attached hydrogens (primary N) is 1. The number of alkyl halides is 2. The molecule has 5 N–H and O–H groups in total. The van der Waals surface area contributed by atoms with Gasteiger partial charge in [0.25, 0.3) is 5.67 Å². The summed E-state index contributed by atoms with van der Waals surface area (Å²) in [4.78, 5) is 75.3. The molecule has 2 aromatic rings. The first-order chi connectivity index (χ1) is 31.3. The van der Waals surface area contributed by atoms with Gasteiger partial charge in [-0.3, -0.25) is 14.4 Å². The van der Waals surface area contributed by atoms with E-state index in [1.54, 1.807) is 66.9 Å². The van der Waals surface area contributed by atoms with E-state index in [9.17, 15) is 29.4 Å². The Labute approximate surface area is 409 Å². The van der Waals surface area contributed by atoms with Crippen molar-refractivity contribution in [3.05, 3.63) is 29.3 Å². The highest BCUT2D eigenvalue weighted by Crippen LogP contribution is 2.44. The van der Waals surface area contributed by atoms with Crippen molar-refractivity contribution >= 4 is 74.7 Å². The van der Waals surface area contributed by atoms with Crippen molar-refractivity contribution < 1.29 is 57.6 Å². The van der Waals surface area contributed by atoms with Crippen LogP contribution in [0, 0.1) is 23.7 Å². The number of aliphatic hydroxyl groups excluding tert-OH is 1. The number of fused-ring (bicyclic) bond motifs is 5. The number of nitrogens with one attached hydrogen (secondary N) is 1. The molecule has 5 heterocycles. The number of ether oxygens (including phenoxy) is 4. The predicted molar refractivity (Wildman–Crippen MR) is 258 cm³/mol. The van der Waals surface area contributed by atoms with Crippen LogP contribution in [0.5, 0.6) is 0 Å². The third-order valence-corrected chi connectivity index (χ3v) is 15.5. The van der Waals surface area contributed by atoms with Gasteiger partial charge < -0.3 is 49.9 Å². The topological polar surface area (TPSA) is 247 Å². The van der Waals surface area contributed by atoms with Gasteiger partial charge in [-0.05, 0) is 121 Å². The zero-order chi connectivity index (χ0) is 49.8. The number of ketones is 1. The van der Waals surface area contributed by atoms with Crippen molar-refractivity contribution in [3.8, 4) is 10.7 Å². The van der Waals surface area contributed by atoms with Crippen LogP contribution in [-0.4, -0.2) is 138 Å². The number of thiazole rings is 1. The number of oxime groups is 1. The molecule has 3 aliphatic heterocycles. The molecule has 2 aromatic heterocycles. The van der Waals surface area contributed by atoms with Crippen molar-refractivity contribution in [1.29, 1.82) is 0 Å². The molecule has 3 fully saturated rings. The van der Waals surface area contributed by atoms with Crippen molar-refractivity contribution in [1.82, 2.24) is 14.9 Å². The number of cyclic esters (lactones) is 1. The number of likely N-dealkylation sites (N-methyl/N-ethyl adjacent to an activating group) is 1. The van der Waals surface area contributed by atoms with E-state index < -0.39 is 99.0 Å². The summed E-state index contributed by atoms with van der Waals surface area (Å²) in [5.41, 5.74) is 0.911. The van der Waals surface area contributed by atoms with E-state index in [-0.39, 0.29) is 44.8 Å². The van der Waals surface area contributed by atoms with Gasteiger partial charge in [-0.25, -0.2) is 24.1 Å². The van der Waals surface area contributed by atoms with Crippen LogP contribution in [0.25, 0.3) is 10.7 Å². The monoisotopic (exact) mass is 1070 g/mol. The molecule has 0 saturated carbocycles. The molecule has 14 atom stereocenters. The molecule has 5 rings (SSSR count). The van der Waals surface area contributed by atoms with Crippen LogP contribution in [0.3, 0.4) is 0 Å². The minimum Gasteiger partial charge on any atom is -0.446 e. The summed E-state index contributed by atoms with van der Waals surface area (Å²) in [6.07, 6.45) is -3.40. The summed E-state index contributed by atoms with van der Waals surface area (Å²) in [6.45, 7) is 13.9. The maximum Gasteiger partial charge on any atom is 0.352 e. The number of halogens is 2. The number of aliphatic hydroxyl groups is 2. The highest BCUT2D eigenvalue weighted by Gasteiger charge is 2.56. The number of amides is 2. The largest absolute Gasteiger partial charge is 0.446 e. The summed E-state index contributed by atoms with van der Waals surface area (Å²) in [6, 6.07) is 4.01. The molecule has 3 aliphatic rings. The normalized spacial score (nSPS) is 36.4. The molecule has 3 saturated heterocycles. The Hall–Kier alpha value is -3.42. The van der Waals surface area contributed by atoms with Crippen LogP contribution in [-0.2, 0) is 49.6 Å².